The van der Waals surface area contributed by atoms with Gasteiger partial charge in [0.25, 0.3) is 5.91 Å². The number of guanidine groups is 1. The SMILES string of the molecule is CCCCCCCN1C(NC2CCCCC2)=NC2C1C(=O)NC(=O)N2C. The van der Waals surface area contributed by atoms with Crippen molar-refractivity contribution in [2.45, 2.75) is 89.4 Å². The third kappa shape index (κ3) is 4.13. The minimum atomic E-state index is -0.419. The highest BCUT2D eigenvalue weighted by molar-refractivity contribution is 6.03. The Kier molecular flexibility index (Phi) is 6.38. The molecule has 26 heavy (non-hydrogen) atoms. The normalized spacial score (nSPS) is 26.6. The van der Waals surface area contributed by atoms with Gasteiger partial charge in [-0.25, -0.2) is 9.79 Å². The van der Waals surface area contributed by atoms with Gasteiger partial charge >= 0.3 is 6.03 Å². The number of amides is 3. The Morgan fingerprint density at radius 3 is 2.58 bits per heavy atom. The summed E-state index contributed by atoms with van der Waals surface area (Å²) in [5.74, 6) is 0.579. The van der Waals surface area contributed by atoms with Crippen molar-refractivity contribution in [2.24, 2.45) is 4.99 Å². The Balaban J connectivity index is 1.69. The van der Waals surface area contributed by atoms with Gasteiger partial charge in [-0.3, -0.25) is 10.1 Å². The molecule has 2 N–H and O–H groups in total. The van der Waals surface area contributed by atoms with Gasteiger partial charge in [0.1, 0.15) is 0 Å². The van der Waals surface area contributed by atoms with Crippen molar-refractivity contribution in [3.8, 4) is 0 Å². The van der Waals surface area contributed by atoms with Crippen LogP contribution in [0.5, 0.6) is 0 Å². The Hall–Kier alpha value is -1.79. The third-order valence-corrected chi connectivity index (χ3v) is 5.80. The van der Waals surface area contributed by atoms with E-state index in [1.807, 2.05) is 0 Å². The minimum absolute atomic E-state index is 0.226. The molecular weight excluding hydrogens is 330 g/mol. The molecule has 3 aliphatic rings. The number of unbranched alkanes of at least 4 members (excludes halogenated alkanes) is 4. The van der Waals surface area contributed by atoms with Gasteiger partial charge in [-0.2, -0.15) is 0 Å². The molecule has 0 aromatic rings. The third-order valence-electron chi connectivity index (χ3n) is 5.80. The van der Waals surface area contributed by atoms with E-state index < -0.39 is 12.2 Å². The van der Waals surface area contributed by atoms with E-state index in [0.717, 1.165) is 38.2 Å². The molecule has 0 radical (unpaired) electrons. The van der Waals surface area contributed by atoms with Gasteiger partial charge in [-0.15, -0.1) is 0 Å². The summed E-state index contributed by atoms with van der Waals surface area (Å²) in [7, 11) is 1.71. The molecule has 0 bridgehead atoms. The Morgan fingerprint density at radius 2 is 1.85 bits per heavy atom. The zero-order chi connectivity index (χ0) is 18.5. The van der Waals surface area contributed by atoms with E-state index in [1.54, 1.807) is 11.9 Å². The molecule has 2 fully saturated rings. The highest BCUT2D eigenvalue weighted by atomic mass is 16.2. The Bertz CT molecular complexity index is 544. The second kappa shape index (κ2) is 8.73. The van der Waals surface area contributed by atoms with Crippen LogP contribution in [0.25, 0.3) is 0 Å². The molecule has 146 valence electrons. The van der Waals surface area contributed by atoms with E-state index in [4.69, 9.17) is 4.99 Å². The van der Waals surface area contributed by atoms with Crippen LogP contribution in [0, 0.1) is 0 Å². The smallest absolute Gasteiger partial charge is 0.325 e. The van der Waals surface area contributed by atoms with Crippen LogP contribution in [0.15, 0.2) is 4.99 Å². The fraction of sp³-hybridized carbons (Fsp3) is 0.842. The van der Waals surface area contributed by atoms with Crippen LogP contribution in [0.4, 0.5) is 4.79 Å². The van der Waals surface area contributed by atoms with Crippen LogP contribution >= 0.6 is 0 Å². The van der Waals surface area contributed by atoms with Crippen LogP contribution < -0.4 is 10.6 Å². The molecule has 3 rings (SSSR count). The van der Waals surface area contributed by atoms with Crippen molar-refractivity contribution >= 4 is 17.9 Å². The first-order valence-corrected chi connectivity index (χ1v) is 10.3. The summed E-state index contributed by atoms with van der Waals surface area (Å²) in [5, 5.41) is 6.06. The lowest BCUT2D eigenvalue weighted by Crippen LogP contribution is -2.64. The number of urea groups is 1. The lowest BCUT2D eigenvalue weighted by Gasteiger charge is -2.36. The van der Waals surface area contributed by atoms with E-state index in [0.29, 0.717) is 6.04 Å². The van der Waals surface area contributed by atoms with Crippen molar-refractivity contribution in [3.63, 3.8) is 0 Å². The van der Waals surface area contributed by atoms with Gasteiger partial charge in [-0.05, 0) is 19.3 Å². The number of imide groups is 1. The molecule has 2 atom stereocenters. The molecule has 7 nitrogen and oxygen atoms in total. The largest absolute Gasteiger partial charge is 0.353 e. The maximum absolute atomic E-state index is 12.5. The van der Waals surface area contributed by atoms with Crippen LogP contribution in [0.1, 0.15) is 71.1 Å². The zero-order valence-corrected chi connectivity index (χ0v) is 16.2. The average Bonchev–Trinajstić information content (AvgIpc) is 2.99. The van der Waals surface area contributed by atoms with Gasteiger partial charge in [0.2, 0.25) is 0 Å². The van der Waals surface area contributed by atoms with E-state index >= 15 is 0 Å². The number of nitrogens with one attached hydrogen (secondary N) is 2. The molecule has 7 heteroatoms. The first kappa shape index (κ1) is 19.0. The molecule has 3 amide bonds. The molecule has 0 aromatic heterocycles. The fourth-order valence-electron chi connectivity index (χ4n) is 4.21. The lowest BCUT2D eigenvalue weighted by atomic mass is 9.96. The van der Waals surface area contributed by atoms with Gasteiger partial charge < -0.3 is 15.1 Å². The number of carbonyl (C=O) groups is 2. The molecule has 2 aliphatic heterocycles. The first-order valence-electron chi connectivity index (χ1n) is 10.3. The van der Waals surface area contributed by atoms with Crippen molar-refractivity contribution in [1.82, 2.24) is 20.4 Å². The molecule has 1 saturated heterocycles. The number of rotatable bonds is 7. The maximum Gasteiger partial charge on any atom is 0.325 e. The molecule has 0 aromatic carbocycles. The predicted molar refractivity (Wildman–Crippen MR) is 102 cm³/mol. The summed E-state index contributed by atoms with van der Waals surface area (Å²) in [6.45, 7) is 3.02. The monoisotopic (exact) mass is 363 g/mol. The molecular formula is C19H33N5O2. The molecule has 2 heterocycles. The summed E-state index contributed by atoms with van der Waals surface area (Å²) in [6, 6.07) is -0.342. The predicted octanol–water partition coefficient (Wildman–Crippen LogP) is 2.43. The number of hydrogen-bond acceptors (Lipinski definition) is 5. The number of likely N-dealkylation sites (N-methyl/N-ethyl adjacent to an activating group) is 1. The Morgan fingerprint density at radius 1 is 1.12 bits per heavy atom. The topological polar surface area (TPSA) is 77.0 Å². The number of aliphatic imine (C=N–C) groups is 1. The highest BCUT2D eigenvalue weighted by Crippen LogP contribution is 2.25. The molecule has 0 spiro atoms. The van der Waals surface area contributed by atoms with E-state index in [-0.39, 0.29) is 11.9 Å². The van der Waals surface area contributed by atoms with E-state index in [1.165, 1.54) is 38.5 Å². The van der Waals surface area contributed by atoms with E-state index in [2.05, 4.69) is 22.5 Å². The van der Waals surface area contributed by atoms with Gasteiger partial charge in [0.15, 0.2) is 18.2 Å². The van der Waals surface area contributed by atoms with Gasteiger partial charge in [0.05, 0.1) is 0 Å². The Labute approximate surface area is 156 Å². The summed E-state index contributed by atoms with van der Waals surface area (Å²) in [6.07, 6.45) is 11.6. The summed E-state index contributed by atoms with van der Waals surface area (Å²) in [4.78, 5) is 32.9. The summed E-state index contributed by atoms with van der Waals surface area (Å²) >= 11 is 0. The van der Waals surface area contributed by atoms with Gasteiger partial charge in [-0.1, -0.05) is 51.9 Å². The lowest BCUT2D eigenvalue weighted by molar-refractivity contribution is -0.127. The number of hydrogen-bond donors (Lipinski definition) is 2. The number of nitrogens with zero attached hydrogens (tertiary/aromatic N) is 3. The minimum Gasteiger partial charge on any atom is -0.353 e. The summed E-state index contributed by atoms with van der Waals surface area (Å²) in [5.41, 5.74) is 0. The van der Waals surface area contributed by atoms with Crippen molar-refractivity contribution < 1.29 is 9.59 Å². The maximum atomic E-state index is 12.5. The fourth-order valence-corrected chi connectivity index (χ4v) is 4.21. The molecule has 1 saturated carbocycles. The zero-order valence-electron chi connectivity index (χ0n) is 16.2. The standard InChI is InChI=1S/C19H33N5O2/c1-3-4-5-6-10-13-24-15-16(23(2)19(26)22-17(15)25)21-18(24)20-14-11-8-7-9-12-14/h14-16H,3-13H2,1-2H3,(H,20,21)(H,22,25,26). The quantitative estimate of drug-likeness (QED) is 0.681. The second-order valence-corrected chi connectivity index (χ2v) is 7.80. The first-order chi connectivity index (χ1) is 12.6. The molecule has 1 aliphatic carbocycles. The van der Waals surface area contributed by atoms with Crippen LogP contribution in [-0.2, 0) is 4.79 Å². The van der Waals surface area contributed by atoms with Crippen molar-refractivity contribution in [3.05, 3.63) is 0 Å². The molecule has 2 unspecified atom stereocenters. The summed E-state index contributed by atoms with van der Waals surface area (Å²) < 4.78 is 0. The number of carbonyl (C=O) groups excluding carboxylic acids is 2. The van der Waals surface area contributed by atoms with Gasteiger partial charge in [0, 0.05) is 19.6 Å². The van der Waals surface area contributed by atoms with Crippen LogP contribution in [0.2, 0.25) is 0 Å². The number of fused-ring (bicyclic) bond motifs is 1. The van der Waals surface area contributed by atoms with Crippen molar-refractivity contribution in [2.75, 3.05) is 13.6 Å². The van der Waals surface area contributed by atoms with E-state index in [9.17, 15) is 9.59 Å². The average molecular weight is 364 g/mol. The highest BCUT2D eigenvalue weighted by Gasteiger charge is 2.48. The van der Waals surface area contributed by atoms with Crippen LogP contribution in [0.3, 0.4) is 0 Å². The van der Waals surface area contributed by atoms with Crippen molar-refractivity contribution in [1.29, 1.82) is 0 Å². The second-order valence-electron chi connectivity index (χ2n) is 7.80. The van der Waals surface area contributed by atoms with Crippen LogP contribution in [-0.4, -0.2) is 59.5 Å².